The molecule has 2 unspecified atom stereocenters. The van der Waals surface area contributed by atoms with E-state index in [0.29, 0.717) is 44.8 Å². The lowest BCUT2D eigenvalue weighted by molar-refractivity contribution is 0.318. The van der Waals surface area contributed by atoms with Crippen LogP contribution < -0.4 is 21.6 Å². The maximum atomic E-state index is 14.6. The number of aryl methyl sites for hydroxylation is 1. The lowest BCUT2D eigenvalue weighted by atomic mass is 10.0. The fraction of sp³-hybridized carbons (Fsp3) is 0.423. The zero-order valence-corrected chi connectivity index (χ0v) is 23.2. The molecule has 8 nitrogen and oxygen atoms in total. The van der Waals surface area contributed by atoms with Crippen LogP contribution in [0.5, 0.6) is 0 Å². The van der Waals surface area contributed by atoms with Crippen molar-refractivity contribution in [2.75, 3.05) is 36.1 Å². The molecule has 12 heteroatoms. The smallest absolute Gasteiger partial charge is 0.350 e. The van der Waals surface area contributed by atoms with Crippen LogP contribution in [0.15, 0.2) is 27.9 Å². The summed E-state index contributed by atoms with van der Waals surface area (Å²) in [5, 5.41) is 12.9. The molecule has 0 amide bonds. The first-order chi connectivity index (χ1) is 18.4. The second kappa shape index (κ2) is 10.3. The van der Waals surface area contributed by atoms with Gasteiger partial charge in [0.05, 0.1) is 20.8 Å². The van der Waals surface area contributed by atoms with E-state index in [1.54, 1.807) is 29.3 Å². The average Bonchev–Trinajstić information content (AvgIpc) is 3.36. The van der Waals surface area contributed by atoms with Gasteiger partial charge in [0.2, 0.25) is 0 Å². The van der Waals surface area contributed by atoms with E-state index in [-0.39, 0.29) is 18.1 Å². The summed E-state index contributed by atoms with van der Waals surface area (Å²) >= 11 is 9.82. The molecular weight excluding hydrogens is 547 g/mol. The van der Waals surface area contributed by atoms with Gasteiger partial charge in [0.1, 0.15) is 11.6 Å². The molecule has 5 heterocycles. The maximum absolute atomic E-state index is 14.6. The van der Waals surface area contributed by atoms with Gasteiger partial charge in [-0.25, -0.2) is 14.2 Å². The van der Waals surface area contributed by atoms with E-state index in [0.717, 1.165) is 76.4 Å². The Labute approximate surface area is 232 Å². The number of piperazine rings is 1. The van der Waals surface area contributed by atoms with Crippen LogP contribution in [-0.2, 0) is 6.54 Å². The number of nitrogens with one attached hydrogen (secondary N) is 1. The van der Waals surface area contributed by atoms with Gasteiger partial charge in [-0.05, 0) is 50.1 Å². The number of benzene rings is 2. The summed E-state index contributed by atoms with van der Waals surface area (Å²) in [5.74, 6) is 1.18. The molecule has 2 aromatic carbocycles. The van der Waals surface area contributed by atoms with Gasteiger partial charge in [0.25, 0.3) is 0 Å². The van der Waals surface area contributed by atoms with E-state index < -0.39 is 0 Å². The largest absolute Gasteiger partial charge is 0.397 e. The summed E-state index contributed by atoms with van der Waals surface area (Å²) in [6.45, 7) is 4.17. The molecule has 3 aliphatic heterocycles. The summed E-state index contributed by atoms with van der Waals surface area (Å²) < 4.78 is 16.8. The van der Waals surface area contributed by atoms with Crippen molar-refractivity contribution < 1.29 is 9.50 Å². The summed E-state index contributed by atoms with van der Waals surface area (Å²) in [6.07, 6.45) is 3.12. The number of halogens is 2. The Hall–Kier alpha value is -2.44. The topological polar surface area (TPSA) is 109 Å². The molecule has 2 bridgehead atoms. The number of nitrogens with zero attached hydrogens (tertiary/aromatic N) is 4. The number of anilines is 2. The van der Waals surface area contributed by atoms with Crippen molar-refractivity contribution in [2.24, 2.45) is 0 Å². The van der Waals surface area contributed by atoms with Crippen molar-refractivity contribution in [3.63, 3.8) is 0 Å². The van der Waals surface area contributed by atoms with Gasteiger partial charge >= 0.3 is 5.69 Å². The minimum Gasteiger partial charge on any atom is -0.397 e. The number of hydrogen-bond donors (Lipinski definition) is 3. The highest BCUT2D eigenvalue weighted by molar-refractivity contribution is 7.99. The molecule has 38 heavy (non-hydrogen) atoms. The summed E-state index contributed by atoms with van der Waals surface area (Å²) in [5.41, 5.74) is 8.56. The Kier molecular flexibility index (Phi) is 6.98. The first-order valence-electron chi connectivity index (χ1n) is 12.8. The second-order valence-corrected chi connectivity index (χ2v) is 12.3. The first kappa shape index (κ1) is 25.8. The Bertz CT molecular complexity index is 1600. The molecule has 2 atom stereocenters. The number of fused-ring (bicyclic) bond motifs is 3. The molecule has 0 spiro atoms. The fourth-order valence-electron chi connectivity index (χ4n) is 5.76. The molecule has 0 aliphatic carbocycles. The van der Waals surface area contributed by atoms with Gasteiger partial charge < -0.3 is 21.1 Å². The van der Waals surface area contributed by atoms with E-state index in [1.807, 2.05) is 6.07 Å². The first-order valence-corrected chi connectivity index (χ1v) is 14.9. The average molecular weight is 575 g/mol. The van der Waals surface area contributed by atoms with Crippen molar-refractivity contribution in [2.45, 2.75) is 49.7 Å². The summed E-state index contributed by atoms with van der Waals surface area (Å²) in [6, 6.07) is 5.90. The van der Waals surface area contributed by atoms with Crippen LogP contribution in [0.25, 0.3) is 32.2 Å². The van der Waals surface area contributed by atoms with Crippen LogP contribution in [0.2, 0.25) is 5.02 Å². The molecule has 0 saturated carbocycles. The third-order valence-electron chi connectivity index (χ3n) is 7.22. The van der Waals surface area contributed by atoms with Crippen molar-refractivity contribution in [1.82, 2.24) is 19.9 Å². The van der Waals surface area contributed by atoms with E-state index in [4.69, 9.17) is 22.4 Å². The Morgan fingerprint density at radius 1 is 1.26 bits per heavy atom. The van der Waals surface area contributed by atoms with Crippen LogP contribution in [0.1, 0.15) is 26.2 Å². The highest BCUT2D eigenvalue weighted by Crippen LogP contribution is 2.47. The van der Waals surface area contributed by atoms with Crippen LogP contribution in [0, 0.1) is 5.82 Å². The number of nitrogens with two attached hydrogens (primary N) is 1. The molecule has 2 aromatic heterocycles. The van der Waals surface area contributed by atoms with Crippen LogP contribution >= 0.6 is 34.7 Å². The van der Waals surface area contributed by atoms with E-state index >= 15 is 0 Å². The third kappa shape index (κ3) is 4.34. The van der Waals surface area contributed by atoms with Crippen LogP contribution in [0.3, 0.4) is 0 Å². The molecule has 7 rings (SSSR count). The molecule has 2 fully saturated rings. The molecule has 3 aliphatic rings. The maximum Gasteiger partial charge on any atom is 0.350 e. The van der Waals surface area contributed by atoms with Gasteiger partial charge in [-0.3, -0.25) is 4.57 Å². The predicted molar refractivity (Wildman–Crippen MR) is 154 cm³/mol. The number of hydrogen-bond acceptors (Lipinski definition) is 9. The van der Waals surface area contributed by atoms with Crippen molar-refractivity contribution in [3.05, 3.63) is 39.5 Å². The Morgan fingerprint density at radius 3 is 2.74 bits per heavy atom. The normalized spacial score (nSPS) is 20.5. The van der Waals surface area contributed by atoms with Gasteiger partial charge in [0, 0.05) is 59.7 Å². The molecule has 4 aromatic rings. The number of rotatable bonds is 2. The SMILES string of the molecule is CCO.Nc1nc2c(-c3c(Cl)cc4c(N5CC6CCC(C5)N6)nc(=O)n5c4c3SCCC5)ccc(F)c2s1. The third-order valence-corrected chi connectivity index (χ3v) is 9.59. The predicted octanol–water partition coefficient (Wildman–Crippen LogP) is 4.48. The lowest BCUT2D eigenvalue weighted by Gasteiger charge is -2.34. The zero-order valence-electron chi connectivity index (χ0n) is 20.8. The highest BCUT2D eigenvalue weighted by atomic mass is 35.5. The quantitative estimate of drug-likeness (QED) is 0.321. The fourth-order valence-corrected chi connectivity index (χ4v) is 8.09. The number of nitrogen functional groups attached to an aromatic ring is 1. The molecule has 0 radical (unpaired) electrons. The van der Waals surface area contributed by atoms with Crippen molar-refractivity contribution >= 4 is 66.8 Å². The second-order valence-electron chi connectivity index (χ2n) is 9.71. The van der Waals surface area contributed by atoms with Gasteiger partial charge in [-0.1, -0.05) is 22.9 Å². The van der Waals surface area contributed by atoms with Gasteiger partial charge in [-0.15, -0.1) is 11.8 Å². The number of thioether (sulfide) groups is 1. The Balaban J connectivity index is 0.000000843. The minimum absolute atomic E-state index is 0.238. The van der Waals surface area contributed by atoms with E-state index in [1.165, 1.54) is 6.07 Å². The summed E-state index contributed by atoms with van der Waals surface area (Å²) in [4.78, 5) is 25.5. The zero-order chi connectivity index (χ0) is 26.6. The monoisotopic (exact) mass is 574 g/mol. The summed E-state index contributed by atoms with van der Waals surface area (Å²) in [7, 11) is 0. The van der Waals surface area contributed by atoms with Crippen molar-refractivity contribution in [1.29, 1.82) is 0 Å². The van der Waals surface area contributed by atoms with Crippen LogP contribution in [-0.4, -0.2) is 57.2 Å². The highest BCUT2D eigenvalue weighted by Gasteiger charge is 2.34. The standard InChI is InChI=1S/C24H22ClFN6OS2.C2H6O/c25-15-8-14-19-21(17(15)13-4-5-16(26)20-18(13)29-23(27)35-20)34-7-1-6-32(19)24(33)30-22(14)31-9-11-2-3-12(10-31)28-11;1-2-3/h4-5,8,11-12,28H,1-3,6-7,9-10H2,(H2,27,29);3H,2H2,1H3. The number of aromatic nitrogens is 3. The Morgan fingerprint density at radius 2 is 2.00 bits per heavy atom. The molecule has 4 N–H and O–H groups in total. The van der Waals surface area contributed by atoms with Crippen molar-refractivity contribution in [3.8, 4) is 11.1 Å². The van der Waals surface area contributed by atoms with Gasteiger partial charge in [-0.2, -0.15) is 4.98 Å². The molecular formula is C26H28ClFN6O2S2. The number of aliphatic hydroxyl groups is 1. The molecule has 2 saturated heterocycles. The minimum atomic E-state index is -0.356. The number of thiazole rings is 1. The van der Waals surface area contributed by atoms with E-state index in [2.05, 4.69) is 20.2 Å². The van der Waals surface area contributed by atoms with Crippen LogP contribution in [0.4, 0.5) is 15.3 Å². The molecule has 200 valence electrons. The van der Waals surface area contributed by atoms with E-state index in [9.17, 15) is 9.18 Å². The lowest BCUT2D eigenvalue weighted by Crippen LogP contribution is -2.52. The number of aliphatic hydroxyl groups excluding tert-OH is 1. The van der Waals surface area contributed by atoms with Gasteiger partial charge in [0.15, 0.2) is 5.13 Å².